The topological polar surface area (TPSA) is 20.3 Å². The fraction of sp³-hybridized carbons (Fsp3) is 0.500. The van der Waals surface area contributed by atoms with E-state index in [0.29, 0.717) is 0 Å². The molecule has 0 saturated heterocycles. The summed E-state index contributed by atoms with van der Waals surface area (Å²) in [7, 11) is 0. The van der Waals surface area contributed by atoms with Gasteiger partial charge in [0.15, 0.2) is 0 Å². The first kappa shape index (κ1) is 8.12. The molecular weight excluding hydrogens is 149 g/mol. The molecule has 0 rings (SSSR count). The van der Waals surface area contributed by atoms with Crippen LogP contribution in [0.5, 0.6) is 0 Å². The second kappa shape index (κ2) is 2.16. The molecule has 0 aliphatic carbocycles. The van der Waals surface area contributed by atoms with Gasteiger partial charge in [0.05, 0.1) is 0 Å². The molecule has 0 fully saturated rings. The second-order valence-electron chi connectivity index (χ2n) is 1.04. The number of carbonyl (C=O) groups excluding carboxylic acids is 1. The van der Waals surface area contributed by atoms with Gasteiger partial charge in [-0.15, -0.1) is 0 Å². The van der Waals surface area contributed by atoms with E-state index in [1.165, 1.54) is 0 Å². The van der Waals surface area contributed by atoms with Crippen molar-refractivity contribution < 1.29 is 26.9 Å². The van der Waals surface area contributed by atoms with E-state index in [0.717, 1.165) is 0 Å². The molecule has 0 aliphatic rings. The van der Waals surface area contributed by atoms with E-state index in [9.17, 15) is 26.9 Å². The van der Waals surface area contributed by atoms with E-state index in [-0.39, 0.29) is 0 Å². The lowest BCUT2D eigenvalue weighted by Crippen LogP contribution is -2.31. The minimum absolute atomic E-state index is 2.51. The van der Waals surface area contributed by atoms with Crippen LogP contribution in [0.15, 0.2) is 0 Å². The van der Waals surface area contributed by atoms with E-state index < -0.39 is 17.4 Å². The number of alkyl halides is 3. The van der Waals surface area contributed by atoms with Gasteiger partial charge >= 0.3 is 12.1 Å². The molecule has 0 aliphatic heterocycles. The summed E-state index contributed by atoms with van der Waals surface area (Å²) >= 11 is 0. The maximum absolute atomic E-state index is 10.8. The molecule has 0 aromatic carbocycles. The van der Waals surface area contributed by atoms with Crippen LogP contribution in [0.4, 0.5) is 22.1 Å². The van der Waals surface area contributed by atoms with Crippen molar-refractivity contribution in [3.8, 4) is 0 Å². The summed E-state index contributed by atoms with van der Waals surface area (Å²) in [6, 6.07) is 0. The highest BCUT2D eigenvalue weighted by atomic mass is 19.4. The van der Waals surface area contributed by atoms with E-state index in [1.54, 1.807) is 0 Å². The van der Waals surface area contributed by atoms with Crippen molar-refractivity contribution in [2.45, 2.75) is 6.18 Å². The van der Waals surface area contributed by atoms with Crippen LogP contribution in [0, 0.1) is 0 Å². The van der Waals surface area contributed by atoms with Crippen molar-refractivity contribution in [3.63, 3.8) is 0 Å². The number of hydrogen-bond acceptors (Lipinski definition) is 1. The zero-order chi connectivity index (χ0) is 7.65. The van der Waals surface area contributed by atoms with Crippen molar-refractivity contribution in [3.05, 3.63) is 0 Å². The van der Waals surface area contributed by atoms with Gasteiger partial charge in [0, 0.05) is 5.34 Å². The van der Waals surface area contributed by atoms with Gasteiger partial charge in [0.2, 0.25) is 0 Å². The molecule has 0 bridgehead atoms. The highest BCUT2D eigenvalue weighted by Gasteiger charge is 2.44. The third-order valence-corrected chi connectivity index (χ3v) is 0.396. The molecule has 0 unspecified atom stereocenters. The quantitative estimate of drug-likeness (QED) is 0.373. The summed E-state index contributed by atoms with van der Waals surface area (Å²) < 4.78 is 53.9. The Balaban J connectivity index is 4.06. The second-order valence-corrected chi connectivity index (χ2v) is 1.04. The Morgan fingerprint density at radius 3 is 1.56 bits per heavy atom. The maximum Gasteiger partial charge on any atom is 0.476 e. The largest absolute Gasteiger partial charge is 0.476 e. The average molecular weight is 149 g/mol. The summed E-state index contributed by atoms with van der Waals surface area (Å²) in [5, 5.41) is -2.51. The molecule has 0 radical (unpaired) electrons. The minimum Gasteiger partial charge on any atom is -0.259 e. The first-order valence-electron chi connectivity index (χ1n) is 1.58. The molecule has 0 atom stereocenters. The number of halogens is 5. The highest BCUT2D eigenvalue weighted by molar-refractivity contribution is 5.79. The molecule has 0 aromatic rings. The third-order valence-electron chi connectivity index (χ3n) is 0.396. The zero-order valence-corrected chi connectivity index (χ0v) is 3.75. The van der Waals surface area contributed by atoms with Crippen molar-refractivity contribution in [2.75, 3.05) is 0 Å². The highest BCUT2D eigenvalue weighted by Crippen LogP contribution is 2.18. The number of hydrogen-bond donors (Lipinski definition) is 0. The lowest BCUT2D eigenvalue weighted by atomic mass is 10.6. The smallest absolute Gasteiger partial charge is 0.259 e. The van der Waals surface area contributed by atoms with Crippen molar-refractivity contribution in [2.24, 2.45) is 0 Å². The summed E-state index contributed by atoms with van der Waals surface area (Å²) in [4.78, 5) is 9.22. The van der Waals surface area contributed by atoms with E-state index in [4.69, 9.17) is 0 Å². The van der Waals surface area contributed by atoms with Crippen LogP contribution in [-0.2, 0) is 4.79 Å². The van der Waals surface area contributed by atoms with Crippen LogP contribution in [0.25, 0.3) is 0 Å². The Hall–Kier alpha value is -0.880. The lowest BCUT2D eigenvalue weighted by molar-refractivity contribution is -0.233. The van der Waals surface area contributed by atoms with Gasteiger partial charge in [-0.25, -0.2) is 0 Å². The molecule has 9 heavy (non-hydrogen) atoms. The molecule has 0 heterocycles. The number of nitrogens with zero attached hydrogens (tertiary/aromatic N) is 1. The maximum atomic E-state index is 10.8. The number of amides is 1. The van der Waals surface area contributed by atoms with Crippen molar-refractivity contribution in [1.29, 1.82) is 0 Å². The van der Waals surface area contributed by atoms with Crippen LogP contribution < -0.4 is 0 Å². The van der Waals surface area contributed by atoms with Crippen LogP contribution in [0.3, 0.4) is 0 Å². The van der Waals surface area contributed by atoms with Crippen LogP contribution >= 0.6 is 0 Å². The Labute approximate surface area is 45.7 Å². The Morgan fingerprint density at radius 2 is 1.56 bits per heavy atom. The van der Waals surface area contributed by atoms with E-state index in [1.807, 2.05) is 0 Å². The third kappa shape index (κ3) is 2.24. The van der Waals surface area contributed by atoms with Crippen LogP contribution in [-0.4, -0.2) is 17.4 Å². The number of carbonyl (C=O) groups is 1. The van der Waals surface area contributed by atoms with Gasteiger partial charge in [0.25, 0.3) is 0 Å². The van der Waals surface area contributed by atoms with Gasteiger partial charge in [0.1, 0.15) is 0 Å². The molecule has 54 valence electrons. The number of rotatable bonds is 0. The molecule has 1 amide bonds. The predicted molar refractivity (Wildman–Crippen MR) is 15.1 cm³/mol. The minimum atomic E-state index is -5.48. The molecule has 7 heteroatoms. The first-order valence-corrected chi connectivity index (χ1v) is 1.58. The van der Waals surface area contributed by atoms with Gasteiger partial charge in [-0.1, -0.05) is 8.96 Å². The van der Waals surface area contributed by atoms with Gasteiger partial charge < -0.3 is 0 Å². The van der Waals surface area contributed by atoms with Gasteiger partial charge in [-0.2, -0.15) is 13.2 Å². The lowest BCUT2D eigenvalue weighted by Gasteiger charge is -2.02. The van der Waals surface area contributed by atoms with E-state index in [2.05, 4.69) is 0 Å². The van der Waals surface area contributed by atoms with Crippen molar-refractivity contribution in [1.82, 2.24) is 5.34 Å². The van der Waals surface area contributed by atoms with Crippen LogP contribution in [0.2, 0.25) is 0 Å². The standard InChI is InChI=1S/C2F5NO/c3-2(4,5)1(9)8(6)7. The molecule has 2 nitrogen and oxygen atoms in total. The monoisotopic (exact) mass is 149 g/mol. The fourth-order valence-electron chi connectivity index (χ4n) is 0.0958. The van der Waals surface area contributed by atoms with Gasteiger partial charge in [-0.05, 0) is 0 Å². The summed E-state index contributed by atoms with van der Waals surface area (Å²) in [6.45, 7) is 0. The zero-order valence-electron chi connectivity index (χ0n) is 3.75. The molecular formula is C2F5NO. The summed E-state index contributed by atoms with van der Waals surface area (Å²) in [6.07, 6.45) is -5.48. The Bertz CT molecular complexity index is 117. The molecule has 0 aromatic heterocycles. The predicted octanol–water partition coefficient (Wildman–Crippen LogP) is 1.15. The van der Waals surface area contributed by atoms with Crippen LogP contribution in [0.1, 0.15) is 0 Å². The Morgan fingerprint density at radius 1 is 1.22 bits per heavy atom. The first-order chi connectivity index (χ1) is 3.85. The molecule has 0 N–H and O–H groups in total. The summed E-state index contributed by atoms with van der Waals surface area (Å²) in [5.74, 6) is -3.16. The Kier molecular flexibility index (Phi) is 1.95. The van der Waals surface area contributed by atoms with Crippen molar-refractivity contribution >= 4 is 5.91 Å². The average Bonchev–Trinajstić information content (AvgIpc) is 1.62. The molecule has 0 saturated carbocycles. The fourth-order valence-corrected chi connectivity index (χ4v) is 0.0958. The van der Waals surface area contributed by atoms with E-state index >= 15 is 0 Å². The SMILES string of the molecule is O=C(N(F)F)C(F)(F)F. The summed E-state index contributed by atoms with van der Waals surface area (Å²) in [5.41, 5.74) is 0. The molecule has 0 spiro atoms. The normalized spacial score (nSPS) is 11.2. The van der Waals surface area contributed by atoms with Gasteiger partial charge in [-0.3, -0.25) is 4.79 Å².